The standard InChI is InChI=1S/C11H14F3N3O2S/c1-7(10(15)16)17(2)20(18,19)9-5-3-4-8(6-9)11(12,13)14/h3-7H,1-2H3,(H3,15,16). The molecule has 5 nitrogen and oxygen atoms in total. The van der Waals surface area contributed by atoms with Crippen molar-refractivity contribution in [3.05, 3.63) is 29.8 Å². The molecule has 1 atom stereocenters. The minimum atomic E-state index is -4.63. The molecule has 112 valence electrons. The molecule has 0 spiro atoms. The van der Waals surface area contributed by atoms with Gasteiger partial charge in [0, 0.05) is 7.05 Å². The largest absolute Gasteiger partial charge is 0.416 e. The van der Waals surface area contributed by atoms with Crippen LogP contribution in [0.5, 0.6) is 0 Å². The van der Waals surface area contributed by atoms with Crippen molar-refractivity contribution < 1.29 is 21.6 Å². The molecular formula is C11H14F3N3O2S. The zero-order valence-corrected chi connectivity index (χ0v) is 11.6. The molecular weight excluding hydrogens is 295 g/mol. The molecule has 1 aromatic rings. The number of nitrogens with two attached hydrogens (primary N) is 1. The Labute approximate surface area is 114 Å². The van der Waals surface area contributed by atoms with E-state index in [0.29, 0.717) is 6.07 Å². The number of nitrogens with zero attached hydrogens (tertiary/aromatic N) is 1. The van der Waals surface area contributed by atoms with E-state index in [1.165, 1.54) is 6.92 Å². The third-order valence-corrected chi connectivity index (χ3v) is 4.76. The van der Waals surface area contributed by atoms with Gasteiger partial charge in [0.15, 0.2) is 0 Å². The predicted molar refractivity (Wildman–Crippen MR) is 67.8 cm³/mol. The van der Waals surface area contributed by atoms with Crippen LogP contribution < -0.4 is 5.73 Å². The summed E-state index contributed by atoms with van der Waals surface area (Å²) >= 11 is 0. The molecule has 0 fully saturated rings. The first-order chi connectivity index (χ1) is 8.98. The number of nitrogens with one attached hydrogen (secondary N) is 1. The Morgan fingerprint density at radius 3 is 2.40 bits per heavy atom. The molecule has 0 bridgehead atoms. The van der Waals surface area contributed by atoms with Crippen molar-refractivity contribution in [1.82, 2.24) is 4.31 Å². The van der Waals surface area contributed by atoms with E-state index >= 15 is 0 Å². The van der Waals surface area contributed by atoms with Crippen molar-refractivity contribution in [2.75, 3.05) is 7.05 Å². The molecule has 0 aliphatic rings. The minimum Gasteiger partial charge on any atom is -0.386 e. The monoisotopic (exact) mass is 309 g/mol. The lowest BCUT2D eigenvalue weighted by molar-refractivity contribution is -0.137. The van der Waals surface area contributed by atoms with Gasteiger partial charge in [-0.05, 0) is 25.1 Å². The molecule has 1 rings (SSSR count). The van der Waals surface area contributed by atoms with Gasteiger partial charge in [0.25, 0.3) is 0 Å². The minimum absolute atomic E-state index is 0.400. The summed E-state index contributed by atoms with van der Waals surface area (Å²) in [4.78, 5) is -0.497. The van der Waals surface area contributed by atoms with Crippen LogP contribution in [0.3, 0.4) is 0 Å². The van der Waals surface area contributed by atoms with Crippen LogP contribution in [-0.2, 0) is 16.2 Å². The van der Waals surface area contributed by atoms with Crippen LogP contribution in [-0.4, -0.2) is 31.6 Å². The molecule has 1 aromatic carbocycles. The summed E-state index contributed by atoms with van der Waals surface area (Å²) in [6, 6.07) is 2.47. The summed E-state index contributed by atoms with van der Waals surface area (Å²) in [6.07, 6.45) is -4.63. The number of likely N-dealkylation sites (N-methyl/N-ethyl adjacent to an activating group) is 1. The van der Waals surface area contributed by atoms with E-state index in [1.807, 2.05) is 0 Å². The molecule has 0 aliphatic heterocycles. The maximum atomic E-state index is 12.6. The quantitative estimate of drug-likeness (QED) is 0.655. The number of hydrogen-bond acceptors (Lipinski definition) is 3. The average molecular weight is 309 g/mol. The van der Waals surface area contributed by atoms with Gasteiger partial charge in [0.05, 0.1) is 16.5 Å². The topological polar surface area (TPSA) is 87.2 Å². The number of sulfonamides is 1. The highest BCUT2D eigenvalue weighted by Crippen LogP contribution is 2.31. The molecule has 0 saturated heterocycles. The third kappa shape index (κ3) is 3.28. The lowest BCUT2D eigenvalue weighted by Gasteiger charge is -2.23. The van der Waals surface area contributed by atoms with Crippen LogP contribution in [0, 0.1) is 5.41 Å². The van der Waals surface area contributed by atoms with Crippen LogP contribution in [0.25, 0.3) is 0 Å². The molecule has 0 saturated carbocycles. The molecule has 0 radical (unpaired) electrons. The van der Waals surface area contributed by atoms with Crippen LogP contribution in [0.15, 0.2) is 29.2 Å². The Bertz CT molecular complexity index is 614. The van der Waals surface area contributed by atoms with E-state index in [0.717, 1.165) is 29.6 Å². The summed E-state index contributed by atoms with van der Waals surface area (Å²) in [5.74, 6) is -0.400. The smallest absolute Gasteiger partial charge is 0.386 e. The summed E-state index contributed by atoms with van der Waals surface area (Å²) < 4.78 is 62.8. The van der Waals surface area contributed by atoms with E-state index < -0.39 is 38.5 Å². The van der Waals surface area contributed by atoms with E-state index in [2.05, 4.69) is 0 Å². The maximum Gasteiger partial charge on any atom is 0.416 e. The lowest BCUT2D eigenvalue weighted by Crippen LogP contribution is -2.43. The fraction of sp³-hybridized carbons (Fsp3) is 0.364. The van der Waals surface area contributed by atoms with Crippen molar-refractivity contribution in [3.63, 3.8) is 0 Å². The Balaban J connectivity index is 3.27. The number of halogens is 3. The number of rotatable bonds is 4. The molecule has 0 aliphatic carbocycles. The summed E-state index contributed by atoms with van der Waals surface area (Å²) in [5, 5.41) is 7.21. The van der Waals surface area contributed by atoms with Crippen molar-refractivity contribution in [3.8, 4) is 0 Å². The number of alkyl halides is 3. The molecule has 0 aromatic heterocycles. The highest BCUT2D eigenvalue weighted by molar-refractivity contribution is 7.89. The normalized spacial score (nSPS) is 14.3. The Morgan fingerprint density at radius 1 is 1.40 bits per heavy atom. The number of hydrogen-bond donors (Lipinski definition) is 2. The first kappa shape index (κ1) is 16.4. The first-order valence-electron chi connectivity index (χ1n) is 5.47. The van der Waals surface area contributed by atoms with Gasteiger partial charge in [-0.25, -0.2) is 8.42 Å². The number of benzene rings is 1. The second-order valence-electron chi connectivity index (χ2n) is 4.18. The third-order valence-electron chi connectivity index (χ3n) is 2.83. The predicted octanol–water partition coefficient (Wildman–Crippen LogP) is 1.65. The highest BCUT2D eigenvalue weighted by atomic mass is 32.2. The molecule has 0 heterocycles. The Morgan fingerprint density at radius 2 is 1.95 bits per heavy atom. The second-order valence-corrected chi connectivity index (χ2v) is 6.18. The zero-order valence-electron chi connectivity index (χ0n) is 10.8. The van der Waals surface area contributed by atoms with Gasteiger partial charge in [-0.3, -0.25) is 5.41 Å². The molecule has 20 heavy (non-hydrogen) atoms. The summed E-state index contributed by atoms with van der Waals surface area (Å²) in [5.41, 5.74) is 4.15. The van der Waals surface area contributed by atoms with Crippen LogP contribution in [0.4, 0.5) is 13.2 Å². The van der Waals surface area contributed by atoms with Crippen molar-refractivity contribution in [1.29, 1.82) is 5.41 Å². The van der Waals surface area contributed by atoms with Gasteiger partial charge in [-0.2, -0.15) is 17.5 Å². The number of amidine groups is 1. The highest BCUT2D eigenvalue weighted by Gasteiger charge is 2.33. The van der Waals surface area contributed by atoms with Crippen LogP contribution >= 0.6 is 0 Å². The van der Waals surface area contributed by atoms with Gasteiger partial charge in [0.1, 0.15) is 5.84 Å². The Hall–Kier alpha value is -1.61. The van der Waals surface area contributed by atoms with E-state index in [4.69, 9.17) is 11.1 Å². The molecule has 0 amide bonds. The first-order valence-corrected chi connectivity index (χ1v) is 6.91. The van der Waals surface area contributed by atoms with Gasteiger partial charge in [0.2, 0.25) is 10.0 Å². The van der Waals surface area contributed by atoms with Gasteiger partial charge >= 0.3 is 6.18 Å². The summed E-state index contributed by atoms with van der Waals surface area (Å²) in [7, 11) is -3.00. The average Bonchev–Trinajstić information content (AvgIpc) is 2.35. The van der Waals surface area contributed by atoms with Gasteiger partial charge in [-0.15, -0.1) is 0 Å². The fourth-order valence-corrected chi connectivity index (χ4v) is 2.79. The van der Waals surface area contributed by atoms with Crippen molar-refractivity contribution >= 4 is 15.9 Å². The molecule has 9 heteroatoms. The van der Waals surface area contributed by atoms with E-state index in [-0.39, 0.29) is 0 Å². The second kappa shape index (κ2) is 5.41. The van der Waals surface area contributed by atoms with Crippen molar-refractivity contribution in [2.45, 2.75) is 24.0 Å². The summed E-state index contributed by atoms with van der Waals surface area (Å²) in [6.45, 7) is 1.37. The van der Waals surface area contributed by atoms with Crippen molar-refractivity contribution in [2.24, 2.45) is 5.73 Å². The lowest BCUT2D eigenvalue weighted by atomic mass is 10.2. The van der Waals surface area contributed by atoms with Gasteiger partial charge in [-0.1, -0.05) is 6.07 Å². The fourth-order valence-electron chi connectivity index (χ4n) is 1.40. The van der Waals surface area contributed by atoms with Gasteiger partial charge < -0.3 is 5.73 Å². The van der Waals surface area contributed by atoms with Crippen LogP contribution in [0.2, 0.25) is 0 Å². The van der Waals surface area contributed by atoms with E-state index in [1.54, 1.807) is 0 Å². The SMILES string of the molecule is CC(C(=N)N)N(C)S(=O)(=O)c1cccc(C(F)(F)F)c1. The Kier molecular flexibility index (Phi) is 4.45. The molecule has 1 unspecified atom stereocenters. The van der Waals surface area contributed by atoms with Crippen LogP contribution in [0.1, 0.15) is 12.5 Å². The maximum absolute atomic E-state index is 12.6. The molecule has 3 N–H and O–H groups in total. The zero-order chi connectivity index (χ0) is 15.7. The van der Waals surface area contributed by atoms with E-state index in [9.17, 15) is 21.6 Å².